The standard InChI is InChI=1S/C13H21NO/c15-13(11-6-2-7-11)14-9-3-8-12(14)10-4-1-5-10/h10-12H,1-9H2. The number of nitrogens with zero attached hydrogens (tertiary/aromatic N) is 1. The molecule has 3 fully saturated rings. The summed E-state index contributed by atoms with van der Waals surface area (Å²) in [5.41, 5.74) is 0. The van der Waals surface area contributed by atoms with Crippen molar-refractivity contribution in [3.8, 4) is 0 Å². The summed E-state index contributed by atoms with van der Waals surface area (Å²) in [6, 6.07) is 0.631. The largest absolute Gasteiger partial charge is 0.339 e. The molecule has 1 saturated heterocycles. The summed E-state index contributed by atoms with van der Waals surface area (Å²) >= 11 is 0. The molecule has 0 aromatic rings. The molecule has 1 amide bonds. The Bertz CT molecular complexity index is 255. The molecule has 1 unspecified atom stereocenters. The van der Waals surface area contributed by atoms with Gasteiger partial charge in [-0.05, 0) is 44.4 Å². The van der Waals surface area contributed by atoms with Gasteiger partial charge in [-0.3, -0.25) is 4.79 Å². The Morgan fingerprint density at radius 2 is 1.67 bits per heavy atom. The minimum absolute atomic E-state index is 0.408. The van der Waals surface area contributed by atoms with Gasteiger partial charge in [-0.1, -0.05) is 12.8 Å². The molecule has 0 aromatic carbocycles. The first-order valence-electron chi connectivity index (χ1n) is 6.67. The van der Waals surface area contributed by atoms with Crippen molar-refractivity contribution < 1.29 is 4.79 Å². The maximum atomic E-state index is 12.2. The third kappa shape index (κ3) is 1.58. The van der Waals surface area contributed by atoms with E-state index in [0.29, 0.717) is 17.9 Å². The van der Waals surface area contributed by atoms with Crippen molar-refractivity contribution in [2.24, 2.45) is 11.8 Å². The van der Waals surface area contributed by atoms with E-state index in [1.807, 2.05) is 0 Å². The molecule has 1 aliphatic heterocycles. The van der Waals surface area contributed by atoms with Crippen molar-refractivity contribution in [3.63, 3.8) is 0 Å². The zero-order valence-corrected chi connectivity index (χ0v) is 9.45. The van der Waals surface area contributed by atoms with Crippen molar-refractivity contribution in [2.45, 2.75) is 57.4 Å². The van der Waals surface area contributed by atoms with Gasteiger partial charge in [0.25, 0.3) is 0 Å². The summed E-state index contributed by atoms with van der Waals surface area (Å²) < 4.78 is 0. The van der Waals surface area contributed by atoms with E-state index in [1.165, 1.54) is 38.5 Å². The number of likely N-dealkylation sites (tertiary alicyclic amines) is 1. The van der Waals surface area contributed by atoms with E-state index in [2.05, 4.69) is 4.90 Å². The molecule has 1 heterocycles. The average Bonchev–Trinajstić information content (AvgIpc) is 2.46. The van der Waals surface area contributed by atoms with Gasteiger partial charge in [0.1, 0.15) is 0 Å². The van der Waals surface area contributed by atoms with Gasteiger partial charge in [-0.2, -0.15) is 0 Å². The van der Waals surface area contributed by atoms with Crippen LogP contribution in [0.15, 0.2) is 0 Å². The van der Waals surface area contributed by atoms with E-state index in [9.17, 15) is 4.79 Å². The van der Waals surface area contributed by atoms with Crippen molar-refractivity contribution in [1.29, 1.82) is 0 Å². The fourth-order valence-electron chi connectivity index (χ4n) is 3.27. The Morgan fingerprint density at radius 1 is 0.933 bits per heavy atom. The predicted molar refractivity (Wildman–Crippen MR) is 59.4 cm³/mol. The quantitative estimate of drug-likeness (QED) is 0.681. The molecule has 2 aliphatic carbocycles. The number of amides is 1. The molecule has 3 rings (SSSR count). The van der Waals surface area contributed by atoms with E-state index < -0.39 is 0 Å². The minimum atomic E-state index is 0.408. The van der Waals surface area contributed by atoms with Crippen LogP contribution in [0.4, 0.5) is 0 Å². The Kier molecular flexibility index (Phi) is 2.45. The molecule has 1 atom stereocenters. The van der Waals surface area contributed by atoms with Crippen molar-refractivity contribution in [2.75, 3.05) is 6.54 Å². The smallest absolute Gasteiger partial charge is 0.225 e. The Balaban J connectivity index is 1.64. The summed E-state index contributed by atoms with van der Waals surface area (Å²) in [6.45, 7) is 1.05. The van der Waals surface area contributed by atoms with Gasteiger partial charge in [0.05, 0.1) is 0 Å². The summed E-state index contributed by atoms with van der Waals surface area (Å²) in [5, 5.41) is 0. The van der Waals surface area contributed by atoms with E-state index in [-0.39, 0.29) is 0 Å². The zero-order chi connectivity index (χ0) is 10.3. The molecule has 0 N–H and O–H groups in total. The van der Waals surface area contributed by atoms with Gasteiger partial charge in [-0.15, -0.1) is 0 Å². The van der Waals surface area contributed by atoms with Gasteiger partial charge in [0.2, 0.25) is 5.91 Å². The molecule has 2 saturated carbocycles. The molecule has 0 spiro atoms. The van der Waals surface area contributed by atoms with Gasteiger partial charge < -0.3 is 4.90 Å². The lowest BCUT2D eigenvalue weighted by Crippen LogP contribution is -2.46. The highest BCUT2D eigenvalue weighted by molar-refractivity contribution is 5.80. The molecule has 0 bridgehead atoms. The van der Waals surface area contributed by atoms with Crippen LogP contribution in [0.3, 0.4) is 0 Å². The summed E-state index contributed by atoms with van der Waals surface area (Å²) in [4.78, 5) is 14.5. The molecule has 0 radical (unpaired) electrons. The van der Waals surface area contributed by atoms with Crippen molar-refractivity contribution in [3.05, 3.63) is 0 Å². The maximum Gasteiger partial charge on any atom is 0.225 e. The van der Waals surface area contributed by atoms with Gasteiger partial charge in [0, 0.05) is 18.5 Å². The lowest BCUT2D eigenvalue weighted by Gasteiger charge is -2.39. The lowest BCUT2D eigenvalue weighted by atomic mass is 9.78. The Labute approximate surface area is 92.0 Å². The van der Waals surface area contributed by atoms with Crippen molar-refractivity contribution in [1.82, 2.24) is 4.90 Å². The average molecular weight is 207 g/mol. The lowest BCUT2D eigenvalue weighted by molar-refractivity contribution is -0.140. The number of carbonyl (C=O) groups excluding carboxylic acids is 1. The van der Waals surface area contributed by atoms with Crippen molar-refractivity contribution >= 4 is 5.91 Å². The molecule has 15 heavy (non-hydrogen) atoms. The first-order chi connectivity index (χ1) is 7.36. The second-order valence-electron chi connectivity index (χ2n) is 5.56. The second kappa shape index (κ2) is 3.80. The highest BCUT2D eigenvalue weighted by Crippen LogP contribution is 2.39. The topological polar surface area (TPSA) is 20.3 Å². The van der Waals surface area contributed by atoms with Gasteiger partial charge in [0.15, 0.2) is 0 Å². The fourth-order valence-corrected chi connectivity index (χ4v) is 3.27. The van der Waals surface area contributed by atoms with Crippen LogP contribution in [0.1, 0.15) is 51.4 Å². The molecule has 2 nitrogen and oxygen atoms in total. The first kappa shape index (κ1) is 9.68. The van der Waals surface area contributed by atoms with Crippen LogP contribution in [-0.2, 0) is 4.79 Å². The SMILES string of the molecule is O=C(C1CCC1)N1CCCC1C1CCC1. The summed E-state index contributed by atoms with van der Waals surface area (Å²) in [6.07, 6.45) is 10.3. The second-order valence-corrected chi connectivity index (χ2v) is 5.56. The molecule has 2 heteroatoms. The monoisotopic (exact) mass is 207 g/mol. The highest BCUT2D eigenvalue weighted by Gasteiger charge is 2.40. The predicted octanol–water partition coefficient (Wildman–Crippen LogP) is 2.58. The molecular formula is C13H21NO. The van der Waals surface area contributed by atoms with E-state index in [1.54, 1.807) is 0 Å². The highest BCUT2D eigenvalue weighted by atomic mass is 16.2. The molecule has 0 aromatic heterocycles. The number of rotatable bonds is 2. The van der Waals surface area contributed by atoms with E-state index in [0.717, 1.165) is 25.3 Å². The molecule has 3 aliphatic rings. The zero-order valence-electron chi connectivity index (χ0n) is 9.45. The molecule has 84 valence electrons. The summed E-state index contributed by atoms with van der Waals surface area (Å²) in [7, 11) is 0. The number of carbonyl (C=O) groups is 1. The van der Waals surface area contributed by atoms with E-state index >= 15 is 0 Å². The van der Waals surface area contributed by atoms with E-state index in [4.69, 9.17) is 0 Å². The number of hydrogen-bond donors (Lipinski definition) is 0. The van der Waals surface area contributed by atoms with Gasteiger partial charge in [-0.25, -0.2) is 0 Å². The van der Waals surface area contributed by atoms with Crippen LogP contribution in [0.2, 0.25) is 0 Å². The van der Waals surface area contributed by atoms with Gasteiger partial charge >= 0.3 is 0 Å². The normalized spacial score (nSPS) is 32.5. The molecular weight excluding hydrogens is 186 g/mol. The van der Waals surface area contributed by atoms with Crippen LogP contribution >= 0.6 is 0 Å². The third-order valence-corrected chi connectivity index (χ3v) is 4.73. The summed E-state index contributed by atoms with van der Waals surface area (Å²) in [5.74, 6) is 1.76. The number of hydrogen-bond acceptors (Lipinski definition) is 1. The Morgan fingerprint density at radius 3 is 2.20 bits per heavy atom. The van der Waals surface area contributed by atoms with Crippen LogP contribution in [0, 0.1) is 11.8 Å². The third-order valence-electron chi connectivity index (χ3n) is 4.73. The minimum Gasteiger partial charge on any atom is -0.339 e. The first-order valence-corrected chi connectivity index (χ1v) is 6.67. The van der Waals surface area contributed by atoms with Crippen LogP contribution < -0.4 is 0 Å². The van der Waals surface area contributed by atoms with Crippen LogP contribution in [0.25, 0.3) is 0 Å². The fraction of sp³-hybridized carbons (Fsp3) is 0.923. The van der Waals surface area contributed by atoms with Crippen LogP contribution in [0.5, 0.6) is 0 Å². The Hall–Kier alpha value is -0.530. The maximum absolute atomic E-state index is 12.2. The van der Waals surface area contributed by atoms with Crippen LogP contribution in [-0.4, -0.2) is 23.4 Å².